The number of halogens is 2. The maximum Gasteiger partial charge on any atom is 0.165 e. The van der Waals surface area contributed by atoms with Crippen LogP contribution in [0.4, 0.5) is 0 Å². The Morgan fingerprint density at radius 1 is 1.41 bits per heavy atom. The van der Waals surface area contributed by atoms with Crippen LogP contribution in [0.3, 0.4) is 0 Å². The summed E-state index contributed by atoms with van der Waals surface area (Å²) in [7, 11) is 0. The highest BCUT2D eigenvalue weighted by molar-refractivity contribution is 9.10. The van der Waals surface area contributed by atoms with Crippen molar-refractivity contribution in [3.05, 3.63) is 21.4 Å². The monoisotopic (exact) mass is 317 g/mol. The van der Waals surface area contributed by atoms with Gasteiger partial charge in [0.25, 0.3) is 0 Å². The Hall–Kier alpha value is -0.190. The Morgan fingerprint density at radius 3 is 2.82 bits per heavy atom. The fraction of sp³-hybridized carbons (Fsp3) is 0.667. The van der Waals surface area contributed by atoms with Gasteiger partial charge in [0.05, 0.1) is 16.2 Å². The molecule has 0 aliphatic carbocycles. The first-order valence-corrected chi connectivity index (χ1v) is 7.21. The van der Waals surface area contributed by atoms with Gasteiger partial charge in [-0.05, 0) is 55.2 Å². The van der Waals surface area contributed by atoms with E-state index in [-0.39, 0.29) is 0 Å². The Kier molecular flexibility index (Phi) is 4.39. The average molecular weight is 319 g/mol. The summed E-state index contributed by atoms with van der Waals surface area (Å²) in [6.07, 6.45) is 3.69. The van der Waals surface area contributed by atoms with E-state index in [2.05, 4.69) is 44.9 Å². The smallest absolute Gasteiger partial charge is 0.165 e. The predicted molar refractivity (Wildman–Crippen MR) is 73.2 cm³/mol. The maximum absolute atomic E-state index is 5.88. The summed E-state index contributed by atoms with van der Waals surface area (Å²) in [5.41, 5.74) is 1.02. The van der Waals surface area contributed by atoms with Gasteiger partial charge in [0.1, 0.15) is 0 Å². The molecule has 0 amide bonds. The Labute approximate surface area is 116 Å². The number of piperidine rings is 1. The lowest BCUT2D eigenvalue weighted by Gasteiger charge is -2.38. The highest BCUT2D eigenvalue weighted by Crippen LogP contribution is 2.33. The summed E-state index contributed by atoms with van der Waals surface area (Å²) in [6.45, 7) is 5.61. The van der Waals surface area contributed by atoms with Gasteiger partial charge in [-0.25, -0.2) is 0 Å². The van der Waals surface area contributed by atoms with E-state index in [0.29, 0.717) is 17.2 Å². The molecule has 1 aliphatic rings. The standard InChI is InChI=1S/C12H17BrClN3/c1-8(2)17-6-4-3-5-11(17)10-7-9(13)12(14)16-15-10/h7-8,11H,3-6H2,1-2H3. The van der Waals surface area contributed by atoms with Crippen LogP contribution in [0.1, 0.15) is 44.8 Å². The van der Waals surface area contributed by atoms with Crippen molar-refractivity contribution in [1.29, 1.82) is 0 Å². The van der Waals surface area contributed by atoms with Crippen LogP contribution in [0.5, 0.6) is 0 Å². The van der Waals surface area contributed by atoms with Crippen LogP contribution in [0, 0.1) is 0 Å². The quantitative estimate of drug-likeness (QED) is 0.830. The molecule has 0 radical (unpaired) electrons. The second kappa shape index (κ2) is 5.63. The third kappa shape index (κ3) is 2.98. The van der Waals surface area contributed by atoms with Crippen LogP contribution in [0.2, 0.25) is 5.15 Å². The average Bonchev–Trinajstić information content (AvgIpc) is 2.32. The van der Waals surface area contributed by atoms with Crippen molar-refractivity contribution in [1.82, 2.24) is 15.1 Å². The third-order valence-corrected chi connectivity index (χ3v) is 4.39. The van der Waals surface area contributed by atoms with Gasteiger partial charge in [-0.1, -0.05) is 18.0 Å². The summed E-state index contributed by atoms with van der Waals surface area (Å²) in [5, 5.41) is 8.66. The van der Waals surface area contributed by atoms with Gasteiger partial charge in [0.15, 0.2) is 5.15 Å². The summed E-state index contributed by atoms with van der Waals surface area (Å²) in [5.74, 6) is 0. The van der Waals surface area contributed by atoms with Crippen LogP contribution in [-0.4, -0.2) is 27.7 Å². The molecule has 1 fully saturated rings. The number of aromatic nitrogens is 2. The van der Waals surface area contributed by atoms with E-state index >= 15 is 0 Å². The van der Waals surface area contributed by atoms with E-state index < -0.39 is 0 Å². The van der Waals surface area contributed by atoms with Crippen molar-refractivity contribution in [2.75, 3.05) is 6.54 Å². The van der Waals surface area contributed by atoms with Gasteiger partial charge >= 0.3 is 0 Å². The lowest BCUT2D eigenvalue weighted by atomic mass is 9.97. The van der Waals surface area contributed by atoms with Gasteiger partial charge in [-0.3, -0.25) is 4.90 Å². The number of hydrogen-bond donors (Lipinski definition) is 0. The topological polar surface area (TPSA) is 29.0 Å². The van der Waals surface area contributed by atoms with Gasteiger partial charge in [-0.15, -0.1) is 5.10 Å². The highest BCUT2D eigenvalue weighted by Gasteiger charge is 2.27. The molecule has 0 spiro atoms. The van der Waals surface area contributed by atoms with E-state index in [1.807, 2.05) is 6.07 Å². The minimum Gasteiger partial charge on any atom is -0.292 e. The molecule has 1 saturated heterocycles. The zero-order valence-electron chi connectivity index (χ0n) is 10.2. The molecule has 1 aromatic heterocycles. The van der Waals surface area contributed by atoms with E-state index in [4.69, 9.17) is 11.6 Å². The normalized spacial score (nSPS) is 22.1. The molecule has 3 nitrogen and oxygen atoms in total. The molecular formula is C12H17BrClN3. The third-order valence-electron chi connectivity index (χ3n) is 3.27. The molecule has 17 heavy (non-hydrogen) atoms. The minimum atomic E-state index is 0.379. The van der Waals surface area contributed by atoms with Crippen molar-refractivity contribution in [2.45, 2.75) is 45.2 Å². The van der Waals surface area contributed by atoms with E-state index in [1.54, 1.807) is 0 Å². The number of hydrogen-bond acceptors (Lipinski definition) is 3. The van der Waals surface area contributed by atoms with Gasteiger partial charge in [0.2, 0.25) is 0 Å². The molecule has 1 atom stereocenters. The molecule has 5 heteroatoms. The zero-order valence-corrected chi connectivity index (χ0v) is 12.5. The SMILES string of the molecule is CC(C)N1CCCCC1c1cc(Br)c(Cl)nn1. The van der Waals surface area contributed by atoms with Crippen LogP contribution in [0.15, 0.2) is 10.5 Å². The van der Waals surface area contributed by atoms with Gasteiger partial charge < -0.3 is 0 Å². The van der Waals surface area contributed by atoms with Crippen molar-refractivity contribution in [3.8, 4) is 0 Å². The van der Waals surface area contributed by atoms with Crippen molar-refractivity contribution < 1.29 is 0 Å². The Morgan fingerprint density at radius 2 is 2.18 bits per heavy atom. The minimum absolute atomic E-state index is 0.379. The second-order valence-corrected chi connectivity index (χ2v) is 5.96. The first-order valence-electron chi connectivity index (χ1n) is 6.04. The summed E-state index contributed by atoms with van der Waals surface area (Å²) in [6, 6.07) is 2.92. The van der Waals surface area contributed by atoms with E-state index in [0.717, 1.165) is 23.1 Å². The molecule has 0 saturated carbocycles. The fourth-order valence-corrected chi connectivity index (χ4v) is 2.83. The molecule has 0 N–H and O–H groups in total. The second-order valence-electron chi connectivity index (χ2n) is 4.75. The molecule has 1 aliphatic heterocycles. The zero-order chi connectivity index (χ0) is 12.4. The maximum atomic E-state index is 5.88. The Bertz CT molecular complexity index is 397. The van der Waals surface area contributed by atoms with Crippen LogP contribution >= 0.6 is 27.5 Å². The fourth-order valence-electron chi connectivity index (χ4n) is 2.42. The lowest BCUT2D eigenvalue weighted by molar-refractivity contribution is 0.108. The van der Waals surface area contributed by atoms with Crippen molar-refractivity contribution in [2.24, 2.45) is 0 Å². The largest absolute Gasteiger partial charge is 0.292 e. The van der Waals surface area contributed by atoms with Crippen molar-refractivity contribution in [3.63, 3.8) is 0 Å². The van der Waals surface area contributed by atoms with Crippen molar-refractivity contribution >= 4 is 27.5 Å². The molecule has 1 unspecified atom stereocenters. The summed E-state index contributed by atoms with van der Waals surface area (Å²) in [4.78, 5) is 2.49. The molecule has 2 rings (SSSR count). The molecule has 1 aromatic rings. The molecule has 2 heterocycles. The number of likely N-dealkylation sites (tertiary alicyclic amines) is 1. The van der Waals surface area contributed by atoms with Crippen LogP contribution in [0.25, 0.3) is 0 Å². The highest BCUT2D eigenvalue weighted by atomic mass is 79.9. The van der Waals surface area contributed by atoms with Gasteiger partial charge in [-0.2, -0.15) is 5.10 Å². The number of nitrogens with zero attached hydrogens (tertiary/aromatic N) is 3. The number of rotatable bonds is 2. The molecular weight excluding hydrogens is 302 g/mol. The first-order chi connectivity index (χ1) is 8.09. The van der Waals surface area contributed by atoms with Crippen LogP contribution in [-0.2, 0) is 0 Å². The summed E-state index contributed by atoms with van der Waals surface area (Å²) >= 11 is 9.30. The molecule has 94 valence electrons. The first kappa shape index (κ1) is 13.2. The van der Waals surface area contributed by atoms with E-state index in [1.165, 1.54) is 12.8 Å². The molecule has 0 bridgehead atoms. The van der Waals surface area contributed by atoms with E-state index in [9.17, 15) is 0 Å². The van der Waals surface area contributed by atoms with Crippen LogP contribution < -0.4 is 0 Å². The summed E-state index contributed by atoms with van der Waals surface area (Å²) < 4.78 is 0.832. The predicted octanol–water partition coefficient (Wildman–Crippen LogP) is 3.83. The lowest BCUT2D eigenvalue weighted by Crippen LogP contribution is -2.38. The molecule has 0 aromatic carbocycles. The van der Waals surface area contributed by atoms with Gasteiger partial charge in [0, 0.05) is 6.04 Å². The Balaban J connectivity index is 2.26.